The standard InChI is InChI=1S/C19H19N3O3/c23-17(20-13-14-7-2-1-3-8-14)11-6-12-22-19(25)16-10-5-4-9-15(16)18(24)21-22/h1-5,7-10H,6,11-13H2,(H,20,23)(H,21,24). The molecule has 0 bridgehead atoms. The molecule has 3 rings (SSSR count). The molecule has 0 aliphatic heterocycles. The molecule has 6 heteroatoms. The van der Waals surface area contributed by atoms with Crippen LogP contribution in [-0.2, 0) is 17.9 Å². The average molecular weight is 337 g/mol. The van der Waals surface area contributed by atoms with Crippen LogP contribution < -0.4 is 16.4 Å². The van der Waals surface area contributed by atoms with Crippen LogP contribution in [0.1, 0.15) is 18.4 Å². The highest BCUT2D eigenvalue weighted by Crippen LogP contribution is 2.03. The fourth-order valence-corrected chi connectivity index (χ4v) is 2.69. The number of aryl methyl sites for hydroxylation is 1. The highest BCUT2D eigenvalue weighted by atomic mass is 16.2. The minimum atomic E-state index is -0.302. The van der Waals surface area contributed by atoms with Crippen LogP contribution in [0.2, 0.25) is 0 Å². The maximum atomic E-state index is 12.4. The molecule has 1 heterocycles. The SMILES string of the molecule is O=C(CCCn1[nH]c(=O)c2ccccc2c1=O)NCc1ccccc1. The zero-order valence-corrected chi connectivity index (χ0v) is 13.7. The van der Waals surface area contributed by atoms with Gasteiger partial charge in [0.2, 0.25) is 5.91 Å². The van der Waals surface area contributed by atoms with E-state index in [0.717, 1.165) is 5.56 Å². The Morgan fingerprint density at radius 2 is 1.64 bits per heavy atom. The molecule has 0 aliphatic carbocycles. The quantitative estimate of drug-likeness (QED) is 0.719. The molecule has 0 saturated heterocycles. The lowest BCUT2D eigenvalue weighted by molar-refractivity contribution is -0.121. The molecule has 0 aliphatic rings. The molecule has 1 aromatic heterocycles. The molecule has 0 atom stereocenters. The first-order valence-corrected chi connectivity index (χ1v) is 8.17. The number of hydrogen-bond acceptors (Lipinski definition) is 3. The molecule has 0 spiro atoms. The van der Waals surface area contributed by atoms with Gasteiger partial charge in [0.25, 0.3) is 11.1 Å². The third-order valence-corrected chi connectivity index (χ3v) is 4.00. The van der Waals surface area contributed by atoms with Gasteiger partial charge in [-0.25, -0.2) is 4.68 Å². The zero-order chi connectivity index (χ0) is 17.6. The number of hydrogen-bond donors (Lipinski definition) is 2. The molecule has 0 fully saturated rings. The van der Waals surface area contributed by atoms with Gasteiger partial charge in [0.1, 0.15) is 0 Å². The molecule has 1 amide bonds. The second-order valence-electron chi connectivity index (χ2n) is 5.81. The summed E-state index contributed by atoms with van der Waals surface area (Å²) in [6, 6.07) is 16.4. The Morgan fingerprint density at radius 3 is 2.40 bits per heavy atom. The summed E-state index contributed by atoms with van der Waals surface area (Å²) >= 11 is 0. The maximum absolute atomic E-state index is 12.4. The normalized spacial score (nSPS) is 10.7. The highest BCUT2D eigenvalue weighted by molar-refractivity contribution is 5.80. The first-order valence-electron chi connectivity index (χ1n) is 8.17. The Balaban J connectivity index is 1.58. The Kier molecular flexibility index (Phi) is 5.09. The van der Waals surface area contributed by atoms with Gasteiger partial charge >= 0.3 is 0 Å². The van der Waals surface area contributed by atoms with Gasteiger partial charge in [-0.15, -0.1) is 0 Å². The smallest absolute Gasteiger partial charge is 0.273 e. The Hall–Kier alpha value is -3.15. The molecule has 0 saturated carbocycles. The molecule has 0 unspecified atom stereocenters. The minimum absolute atomic E-state index is 0.0833. The first kappa shape index (κ1) is 16.7. The Morgan fingerprint density at radius 1 is 0.960 bits per heavy atom. The summed E-state index contributed by atoms with van der Waals surface area (Å²) in [6.07, 6.45) is 0.753. The van der Waals surface area contributed by atoms with E-state index in [1.807, 2.05) is 30.3 Å². The van der Waals surface area contributed by atoms with E-state index >= 15 is 0 Å². The van der Waals surface area contributed by atoms with E-state index in [1.54, 1.807) is 24.3 Å². The number of carbonyl (C=O) groups is 1. The van der Waals surface area contributed by atoms with Crippen LogP contribution in [-0.4, -0.2) is 15.7 Å². The van der Waals surface area contributed by atoms with Crippen molar-refractivity contribution in [3.05, 3.63) is 80.9 Å². The van der Waals surface area contributed by atoms with E-state index in [-0.39, 0.29) is 30.0 Å². The average Bonchev–Trinajstić information content (AvgIpc) is 2.65. The highest BCUT2D eigenvalue weighted by Gasteiger charge is 2.07. The Labute approximate surface area is 144 Å². The van der Waals surface area contributed by atoms with Crippen LogP contribution in [0.5, 0.6) is 0 Å². The number of rotatable bonds is 6. The van der Waals surface area contributed by atoms with Gasteiger partial charge in [-0.2, -0.15) is 0 Å². The van der Waals surface area contributed by atoms with Crippen molar-refractivity contribution in [2.24, 2.45) is 0 Å². The summed E-state index contributed by atoms with van der Waals surface area (Å²) in [6.45, 7) is 0.768. The number of amides is 1. The molecule has 2 N–H and O–H groups in total. The monoisotopic (exact) mass is 337 g/mol. The third-order valence-electron chi connectivity index (χ3n) is 4.00. The van der Waals surface area contributed by atoms with Gasteiger partial charge in [0.15, 0.2) is 0 Å². The van der Waals surface area contributed by atoms with Crippen molar-refractivity contribution in [2.75, 3.05) is 0 Å². The molecule has 0 radical (unpaired) electrons. The summed E-state index contributed by atoms with van der Waals surface area (Å²) in [4.78, 5) is 36.3. The van der Waals surface area contributed by atoms with Gasteiger partial charge in [-0.3, -0.25) is 19.5 Å². The molecule has 6 nitrogen and oxygen atoms in total. The van der Waals surface area contributed by atoms with E-state index in [1.165, 1.54) is 4.68 Å². The fraction of sp³-hybridized carbons (Fsp3) is 0.211. The fourth-order valence-electron chi connectivity index (χ4n) is 2.69. The summed E-state index contributed by atoms with van der Waals surface area (Å²) in [5.41, 5.74) is 0.481. The van der Waals surface area contributed by atoms with Crippen LogP contribution in [0.15, 0.2) is 64.2 Å². The molecule has 128 valence electrons. The maximum Gasteiger partial charge on any atom is 0.273 e. The van der Waals surface area contributed by atoms with Crippen molar-refractivity contribution in [1.29, 1.82) is 0 Å². The second-order valence-corrected chi connectivity index (χ2v) is 5.81. The molecule has 25 heavy (non-hydrogen) atoms. The summed E-state index contributed by atoms with van der Waals surface area (Å²) in [5, 5.41) is 6.18. The van der Waals surface area contributed by atoms with Gasteiger partial charge in [-0.1, -0.05) is 42.5 Å². The van der Waals surface area contributed by atoms with Crippen molar-refractivity contribution in [3.63, 3.8) is 0 Å². The van der Waals surface area contributed by atoms with Crippen LogP contribution in [0.25, 0.3) is 10.8 Å². The number of carbonyl (C=O) groups excluding carboxylic acids is 1. The van der Waals surface area contributed by atoms with Gasteiger partial charge in [0.05, 0.1) is 10.8 Å². The molecular formula is C19H19N3O3. The largest absolute Gasteiger partial charge is 0.352 e. The van der Waals surface area contributed by atoms with E-state index in [0.29, 0.717) is 23.7 Å². The van der Waals surface area contributed by atoms with E-state index in [4.69, 9.17) is 0 Å². The number of fused-ring (bicyclic) bond motifs is 1. The predicted molar refractivity (Wildman–Crippen MR) is 96.4 cm³/mol. The van der Waals surface area contributed by atoms with E-state index in [2.05, 4.69) is 10.4 Å². The lowest BCUT2D eigenvalue weighted by atomic mass is 10.2. The number of aromatic nitrogens is 2. The number of nitrogens with one attached hydrogen (secondary N) is 2. The summed E-state index contributed by atoms with van der Waals surface area (Å²) in [5.74, 6) is -0.0833. The summed E-state index contributed by atoms with van der Waals surface area (Å²) in [7, 11) is 0. The van der Waals surface area contributed by atoms with Crippen molar-refractivity contribution in [1.82, 2.24) is 15.1 Å². The molecule has 2 aromatic carbocycles. The third kappa shape index (κ3) is 4.03. The van der Waals surface area contributed by atoms with Crippen molar-refractivity contribution in [2.45, 2.75) is 25.9 Å². The second kappa shape index (κ2) is 7.61. The topological polar surface area (TPSA) is 84.0 Å². The lowest BCUT2D eigenvalue weighted by Gasteiger charge is -2.08. The number of H-pyrrole nitrogens is 1. The van der Waals surface area contributed by atoms with Crippen LogP contribution in [0, 0.1) is 0 Å². The van der Waals surface area contributed by atoms with Crippen molar-refractivity contribution in [3.8, 4) is 0 Å². The van der Waals surface area contributed by atoms with Crippen LogP contribution >= 0.6 is 0 Å². The van der Waals surface area contributed by atoms with Gasteiger partial charge in [-0.05, 0) is 24.1 Å². The van der Waals surface area contributed by atoms with Crippen molar-refractivity contribution < 1.29 is 4.79 Å². The minimum Gasteiger partial charge on any atom is -0.352 e. The molecular weight excluding hydrogens is 318 g/mol. The van der Waals surface area contributed by atoms with E-state index < -0.39 is 0 Å². The summed E-state index contributed by atoms with van der Waals surface area (Å²) < 4.78 is 1.27. The van der Waals surface area contributed by atoms with E-state index in [9.17, 15) is 14.4 Å². The zero-order valence-electron chi connectivity index (χ0n) is 13.7. The van der Waals surface area contributed by atoms with Crippen molar-refractivity contribution >= 4 is 16.7 Å². The first-order chi connectivity index (χ1) is 12.1. The predicted octanol–water partition coefficient (Wildman–Crippen LogP) is 1.79. The van der Waals surface area contributed by atoms with Gasteiger partial charge in [0, 0.05) is 19.5 Å². The van der Waals surface area contributed by atoms with Crippen LogP contribution in [0.4, 0.5) is 0 Å². The number of benzene rings is 2. The lowest BCUT2D eigenvalue weighted by Crippen LogP contribution is -2.30. The number of aromatic amines is 1. The Bertz CT molecular complexity index is 990. The molecule has 3 aromatic rings. The van der Waals surface area contributed by atoms with Crippen LogP contribution in [0.3, 0.4) is 0 Å². The van der Waals surface area contributed by atoms with Gasteiger partial charge < -0.3 is 5.32 Å². The number of nitrogens with zero attached hydrogens (tertiary/aromatic N) is 1.